The van der Waals surface area contributed by atoms with Crippen LogP contribution in [0.15, 0.2) is 17.0 Å². The van der Waals surface area contributed by atoms with Crippen molar-refractivity contribution in [1.29, 1.82) is 0 Å². The molecule has 2 rings (SSSR count). The van der Waals surface area contributed by atoms with E-state index >= 15 is 0 Å². The van der Waals surface area contributed by atoms with Gasteiger partial charge in [-0.2, -0.15) is 0 Å². The third-order valence-electron chi connectivity index (χ3n) is 2.19. The predicted octanol–water partition coefficient (Wildman–Crippen LogP) is 2.65. The summed E-state index contributed by atoms with van der Waals surface area (Å²) < 4.78 is 5.27. The van der Waals surface area contributed by atoms with Gasteiger partial charge in [-0.05, 0) is 12.8 Å². The van der Waals surface area contributed by atoms with Crippen molar-refractivity contribution in [3.05, 3.63) is 23.8 Å². The maximum atomic E-state index is 5.27. The molecule has 68 valence electrons. The first kappa shape index (κ1) is 8.23. The minimum absolute atomic E-state index is 0.431. The molecule has 0 N–H and O–H groups in total. The zero-order valence-electron chi connectivity index (χ0n) is 8.03. The van der Waals surface area contributed by atoms with E-state index in [4.69, 9.17) is 4.42 Å². The molecular formula is C10H12N2O. The first-order chi connectivity index (χ1) is 6.20. The number of aromatic nitrogens is 2. The molecule has 0 unspecified atom stereocenters. The number of nitrogens with zero attached hydrogens (tertiary/aromatic N) is 2. The van der Waals surface area contributed by atoms with Crippen molar-refractivity contribution in [3.63, 3.8) is 0 Å². The van der Waals surface area contributed by atoms with E-state index in [2.05, 4.69) is 23.8 Å². The van der Waals surface area contributed by atoms with Gasteiger partial charge in [0.2, 0.25) is 0 Å². The Morgan fingerprint density at radius 3 is 2.77 bits per heavy atom. The standard InChI is InChI=1S/C10H12N2O/c1-6(2)8-4-11-7(3)10-9(8)12-5-13-10/h4-6H,1-3H3. The molecule has 0 aliphatic rings. The second-order valence-corrected chi connectivity index (χ2v) is 3.48. The van der Waals surface area contributed by atoms with E-state index in [-0.39, 0.29) is 0 Å². The third kappa shape index (κ3) is 1.20. The van der Waals surface area contributed by atoms with Gasteiger partial charge in [0.1, 0.15) is 5.52 Å². The van der Waals surface area contributed by atoms with Gasteiger partial charge in [-0.3, -0.25) is 4.98 Å². The van der Waals surface area contributed by atoms with Crippen molar-refractivity contribution < 1.29 is 4.42 Å². The molecule has 0 amide bonds. The highest BCUT2D eigenvalue weighted by atomic mass is 16.3. The first-order valence-electron chi connectivity index (χ1n) is 4.39. The Hall–Kier alpha value is -1.38. The molecule has 3 nitrogen and oxygen atoms in total. The monoisotopic (exact) mass is 176 g/mol. The fraction of sp³-hybridized carbons (Fsp3) is 0.400. The minimum Gasteiger partial charge on any atom is -0.442 e. The van der Waals surface area contributed by atoms with Gasteiger partial charge in [-0.25, -0.2) is 4.98 Å². The van der Waals surface area contributed by atoms with Crippen LogP contribution in [0.5, 0.6) is 0 Å². The Labute approximate surface area is 76.8 Å². The molecule has 0 aromatic carbocycles. The summed E-state index contributed by atoms with van der Waals surface area (Å²) in [6, 6.07) is 0. The fourth-order valence-corrected chi connectivity index (χ4v) is 1.42. The lowest BCUT2D eigenvalue weighted by molar-refractivity contribution is 0.597. The zero-order valence-corrected chi connectivity index (χ0v) is 8.03. The van der Waals surface area contributed by atoms with Gasteiger partial charge in [0.05, 0.1) is 5.69 Å². The number of hydrogen-bond donors (Lipinski definition) is 0. The summed E-state index contributed by atoms with van der Waals surface area (Å²) in [7, 11) is 0. The van der Waals surface area contributed by atoms with Crippen LogP contribution in [0.3, 0.4) is 0 Å². The normalized spacial score (nSPS) is 11.4. The summed E-state index contributed by atoms with van der Waals surface area (Å²) in [5.74, 6) is 0.431. The van der Waals surface area contributed by atoms with Crippen LogP contribution >= 0.6 is 0 Å². The van der Waals surface area contributed by atoms with Crippen molar-refractivity contribution in [2.75, 3.05) is 0 Å². The highest BCUT2D eigenvalue weighted by molar-refractivity contribution is 5.78. The van der Waals surface area contributed by atoms with Gasteiger partial charge in [-0.15, -0.1) is 0 Å². The summed E-state index contributed by atoms with van der Waals surface area (Å²) in [5.41, 5.74) is 3.81. The Bertz CT molecular complexity index is 431. The van der Waals surface area contributed by atoms with E-state index in [1.165, 1.54) is 6.39 Å². The lowest BCUT2D eigenvalue weighted by Gasteiger charge is -2.04. The van der Waals surface area contributed by atoms with E-state index in [9.17, 15) is 0 Å². The van der Waals surface area contributed by atoms with Crippen molar-refractivity contribution in [2.45, 2.75) is 26.7 Å². The maximum absolute atomic E-state index is 5.27. The van der Waals surface area contributed by atoms with E-state index in [1.807, 2.05) is 13.1 Å². The van der Waals surface area contributed by atoms with Crippen molar-refractivity contribution in [2.24, 2.45) is 0 Å². The predicted molar refractivity (Wildman–Crippen MR) is 50.6 cm³/mol. The van der Waals surface area contributed by atoms with Gasteiger partial charge in [0.25, 0.3) is 0 Å². The Morgan fingerprint density at radius 1 is 1.31 bits per heavy atom. The van der Waals surface area contributed by atoms with Crippen LogP contribution in [0.25, 0.3) is 11.1 Å². The van der Waals surface area contributed by atoms with E-state index < -0.39 is 0 Å². The van der Waals surface area contributed by atoms with Crippen LogP contribution in [0.2, 0.25) is 0 Å². The first-order valence-corrected chi connectivity index (χ1v) is 4.39. The highest BCUT2D eigenvalue weighted by Crippen LogP contribution is 2.24. The summed E-state index contributed by atoms with van der Waals surface area (Å²) in [4.78, 5) is 8.46. The van der Waals surface area contributed by atoms with E-state index in [0.717, 1.165) is 22.4 Å². The Kier molecular flexibility index (Phi) is 1.79. The number of hydrogen-bond acceptors (Lipinski definition) is 3. The molecule has 0 aliphatic carbocycles. The Balaban J connectivity index is 2.78. The number of pyridine rings is 1. The lowest BCUT2D eigenvalue weighted by atomic mass is 10.0. The minimum atomic E-state index is 0.431. The van der Waals surface area contributed by atoms with E-state index in [1.54, 1.807) is 0 Å². The second kappa shape index (κ2) is 2.83. The molecule has 2 aromatic heterocycles. The second-order valence-electron chi connectivity index (χ2n) is 3.48. The number of fused-ring (bicyclic) bond motifs is 1. The molecule has 0 saturated carbocycles. The third-order valence-corrected chi connectivity index (χ3v) is 2.19. The molecule has 3 heteroatoms. The smallest absolute Gasteiger partial charge is 0.182 e. The average Bonchev–Trinajstić information content (AvgIpc) is 2.53. The molecule has 0 spiro atoms. The number of rotatable bonds is 1. The maximum Gasteiger partial charge on any atom is 0.182 e. The van der Waals surface area contributed by atoms with Crippen LogP contribution in [0, 0.1) is 6.92 Å². The van der Waals surface area contributed by atoms with Gasteiger partial charge in [-0.1, -0.05) is 13.8 Å². The molecule has 0 saturated heterocycles. The fourth-order valence-electron chi connectivity index (χ4n) is 1.42. The Morgan fingerprint density at radius 2 is 2.08 bits per heavy atom. The van der Waals surface area contributed by atoms with Crippen LogP contribution < -0.4 is 0 Å². The van der Waals surface area contributed by atoms with Crippen LogP contribution in [0.1, 0.15) is 31.0 Å². The van der Waals surface area contributed by atoms with Crippen LogP contribution in [0.4, 0.5) is 0 Å². The van der Waals surface area contributed by atoms with Crippen LogP contribution in [-0.2, 0) is 0 Å². The summed E-state index contributed by atoms with van der Waals surface area (Å²) in [6.45, 7) is 6.18. The SMILES string of the molecule is Cc1ncc(C(C)C)c2ncoc12. The van der Waals surface area contributed by atoms with Gasteiger partial charge in [0, 0.05) is 11.8 Å². The molecule has 0 bridgehead atoms. The molecule has 2 aromatic rings. The molecular weight excluding hydrogens is 164 g/mol. The van der Waals surface area contributed by atoms with Crippen molar-refractivity contribution in [1.82, 2.24) is 9.97 Å². The summed E-state index contributed by atoms with van der Waals surface area (Å²) in [6.07, 6.45) is 3.36. The van der Waals surface area contributed by atoms with Gasteiger partial charge >= 0.3 is 0 Å². The van der Waals surface area contributed by atoms with E-state index in [0.29, 0.717) is 5.92 Å². The molecule has 0 aliphatic heterocycles. The summed E-state index contributed by atoms with van der Waals surface area (Å²) in [5, 5.41) is 0. The molecule has 0 atom stereocenters. The van der Waals surface area contributed by atoms with Crippen molar-refractivity contribution >= 4 is 11.1 Å². The van der Waals surface area contributed by atoms with Gasteiger partial charge in [0.15, 0.2) is 12.0 Å². The molecule has 13 heavy (non-hydrogen) atoms. The highest BCUT2D eigenvalue weighted by Gasteiger charge is 2.11. The van der Waals surface area contributed by atoms with Crippen LogP contribution in [-0.4, -0.2) is 9.97 Å². The summed E-state index contributed by atoms with van der Waals surface area (Å²) >= 11 is 0. The van der Waals surface area contributed by atoms with Gasteiger partial charge < -0.3 is 4.42 Å². The number of oxazole rings is 1. The molecule has 0 fully saturated rings. The quantitative estimate of drug-likeness (QED) is 0.670. The number of aryl methyl sites for hydroxylation is 1. The van der Waals surface area contributed by atoms with Crippen molar-refractivity contribution in [3.8, 4) is 0 Å². The zero-order chi connectivity index (χ0) is 9.42. The largest absolute Gasteiger partial charge is 0.442 e. The topological polar surface area (TPSA) is 38.9 Å². The molecule has 2 heterocycles. The molecule has 0 radical (unpaired) electrons. The average molecular weight is 176 g/mol. The lowest BCUT2D eigenvalue weighted by Crippen LogP contribution is -1.92.